The molecule has 1 aromatic heterocycles. The fraction of sp³-hybridized carbons (Fsp3) is 0.400. The lowest BCUT2D eigenvalue weighted by Gasteiger charge is -2.25. The highest BCUT2D eigenvalue weighted by Crippen LogP contribution is 2.52. The molecule has 0 unspecified atom stereocenters. The number of carbonyl (C=O) groups is 2. The summed E-state index contributed by atoms with van der Waals surface area (Å²) in [6, 6.07) is 7.25. The topological polar surface area (TPSA) is 94.0 Å². The number of alkyl halides is 2. The number of fused-ring (bicyclic) bond motifs is 1. The number of hydrogen-bond acceptors (Lipinski definition) is 4. The molecule has 0 radical (unpaired) electrons. The van der Waals surface area contributed by atoms with Crippen LogP contribution >= 0.6 is 0 Å². The van der Waals surface area contributed by atoms with Crippen molar-refractivity contribution in [3.8, 4) is 6.07 Å². The van der Waals surface area contributed by atoms with Crippen molar-refractivity contribution in [3.05, 3.63) is 46.4 Å². The van der Waals surface area contributed by atoms with Crippen molar-refractivity contribution in [3.63, 3.8) is 0 Å². The van der Waals surface area contributed by atoms with E-state index in [1.807, 2.05) is 0 Å². The molecule has 2 heterocycles. The predicted molar refractivity (Wildman–Crippen MR) is 95.9 cm³/mol. The molecule has 6 nitrogen and oxygen atoms in total. The zero-order valence-electron chi connectivity index (χ0n) is 14.9. The highest BCUT2D eigenvalue weighted by molar-refractivity contribution is 6.09. The van der Waals surface area contributed by atoms with E-state index in [0.29, 0.717) is 23.6 Å². The van der Waals surface area contributed by atoms with Crippen LogP contribution in [0.2, 0.25) is 0 Å². The number of halogens is 2. The Kier molecular flexibility index (Phi) is 4.07. The number of nitrogens with zero attached hydrogens (tertiary/aromatic N) is 2. The number of ketones is 1. The summed E-state index contributed by atoms with van der Waals surface area (Å²) in [5.74, 6) is -3.98. The molecule has 1 saturated carbocycles. The Morgan fingerprint density at radius 3 is 2.57 bits per heavy atom. The van der Waals surface area contributed by atoms with Crippen molar-refractivity contribution in [2.75, 3.05) is 6.54 Å². The zero-order valence-corrected chi connectivity index (χ0v) is 14.9. The second-order valence-electron chi connectivity index (χ2n) is 7.60. The number of carbonyl (C=O) groups excluding carboxylic acids is 2. The van der Waals surface area contributed by atoms with Gasteiger partial charge in [0.05, 0.1) is 18.0 Å². The largest absolute Gasteiger partial charge is 0.328 e. The Bertz CT molecular complexity index is 1080. The fourth-order valence-corrected chi connectivity index (χ4v) is 3.91. The number of aromatic nitrogens is 1. The maximum atomic E-state index is 13.7. The molecule has 1 saturated heterocycles. The average Bonchev–Trinajstić information content (AvgIpc) is 3.37. The van der Waals surface area contributed by atoms with Gasteiger partial charge in [0.2, 0.25) is 5.91 Å². The van der Waals surface area contributed by atoms with Gasteiger partial charge in [-0.2, -0.15) is 5.26 Å². The summed E-state index contributed by atoms with van der Waals surface area (Å²) >= 11 is 0. The molecule has 8 heteroatoms. The lowest BCUT2D eigenvalue weighted by atomic mass is 9.92. The number of H-pyrrole nitrogens is 1. The van der Waals surface area contributed by atoms with Gasteiger partial charge in [-0.15, -0.1) is 0 Å². The minimum absolute atomic E-state index is 0.137. The van der Waals surface area contributed by atoms with Crippen molar-refractivity contribution >= 4 is 22.5 Å². The molecular weight excluding hydrogens is 368 g/mol. The SMILES string of the molecule is N#C[C@@H]1CC(F)(F)CN1C(=O)C1(CC(=O)c2c[nH]c(=O)c3ccccc23)CC1. The van der Waals surface area contributed by atoms with E-state index < -0.39 is 36.3 Å². The van der Waals surface area contributed by atoms with Crippen molar-refractivity contribution in [1.82, 2.24) is 9.88 Å². The van der Waals surface area contributed by atoms with E-state index in [0.717, 1.165) is 4.90 Å². The summed E-state index contributed by atoms with van der Waals surface area (Å²) in [5.41, 5.74) is -1.07. The van der Waals surface area contributed by atoms with E-state index in [1.54, 1.807) is 30.3 Å². The molecule has 1 atom stereocenters. The lowest BCUT2D eigenvalue weighted by Crippen LogP contribution is -2.41. The summed E-state index contributed by atoms with van der Waals surface area (Å²) in [5, 5.41) is 9.99. The highest BCUT2D eigenvalue weighted by atomic mass is 19.3. The van der Waals surface area contributed by atoms with E-state index >= 15 is 0 Å². The lowest BCUT2D eigenvalue weighted by molar-refractivity contribution is -0.138. The number of hydrogen-bond donors (Lipinski definition) is 1. The van der Waals surface area contributed by atoms with Gasteiger partial charge in [0.15, 0.2) is 5.78 Å². The van der Waals surface area contributed by atoms with E-state index in [9.17, 15) is 23.2 Å². The Balaban J connectivity index is 1.60. The molecule has 28 heavy (non-hydrogen) atoms. The van der Waals surface area contributed by atoms with Gasteiger partial charge in [-0.05, 0) is 24.3 Å². The Morgan fingerprint density at radius 1 is 1.25 bits per heavy atom. The van der Waals surface area contributed by atoms with Crippen LogP contribution in [0.4, 0.5) is 8.78 Å². The molecule has 2 aliphatic rings. The molecule has 0 bridgehead atoms. The normalized spacial score (nSPS) is 22.0. The first kappa shape index (κ1) is 18.3. The third-order valence-corrected chi connectivity index (χ3v) is 5.60. The molecule has 1 aromatic carbocycles. The van der Waals surface area contributed by atoms with Crippen LogP contribution in [0.5, 0.6) is 0 Å². The maximum Gasteiger partial charge on any atom is 0.268 e. The Labute approximate surface area is 158 Å². The number of likely N-dealkylation sites (tertiary alicyclic amines) is 1. The van der Waals surface area contributed by atoms with Crippen LogP contribution in [0, 0.1) is 16.7 Å². The number of amides is 1. The first-order valence-corrected chi connectivity index (χ1v) is 8.98. The Morgan fingerprint density at radius 2 is 1.93 bits per heavy atom. The first-order valence-electron chi connectivity index (χ1n) is 8.98. The number of rotatable bonds is 4. The summed E-state index contributed by atoms with van der Waals surface area (Å²) in [6.45, 7) is -0.790. The maximum absolute atomic E-state index is 13.7. The van der Waals surface area contributed by atoms with Gasteiger partial charge >= 0.3 is 0 Å². The van der Waals surface area contributed by atoms with Crippen molar-refractivity contribution in [1.29, 1.82) is 5.26 Å². The van der Waals surface area contributed by atoms with Gasteiger partial charge in [0.25, 0.3) is 11.5 Å². The van der Waals surface area contributed by atoms with Crippen molar-refractivity contribution < 1.29 is 18.4 Å². The number of Topliss-reactive ketones (excluding diaryl/α,β-unsaturated/α-hetero) is 1. The van der Waals surface area contributed by atoms with E-state index in [1.165, 1.54) is 6.20 Å². The van der Waals surface area contributed by atoms with E-state index in [-0.39, 0.29) is 23.3 Å². The van der Waals surface area contributed by atoms with Crippen LogP contribution < -0.4 is 5.56 Å². The predicted octanol–water partition coefficient (Wildman–Crippen LogP) is 2.64. The van der Waals surface area contributed by atoms with Crippen LogP contribution in [0.1, 0.15) is 36.0 Å². The third-order valence-electron chi connectivity index (χ3n) is 5.60. The monoisotopic (exact) mass is 385 g/mol. The number of benzene rings is 1. The smallest absolute Gasteiger partial charge is 0.268 e. The van der Waals surface area contributed by atoms with Gasteiger partial charge in [-0.25, -0.2) is 8.78 Å². The summed E-state index contributed by atoms with van der Waals surface area (Å²) < 4.78 is 27.4. The number of pyridine rings is 1. The van der Waals surface area contributed by atoms with Crippen LogP contribution in [-0.4, -0.2) is 40.1 Å². The summed E-state index contributed by atoms with van der Waals surface area (Å²) in [6.07, 6.45) is 1.35. The van der Waals surface area contributed by atoms with Crippen LogP contribution in [-0.2, 0) is 4.79 Å². The van der Waals surface area contributed by atoms with E-state index in [2.05, 4.69) is 4.98 Å². The van der Waals surface area contributed by atoms with Crippen LogP contribution in [0.25, 0.3) is 10.8 Å². The number of aromatic amines is 1. The molecule has 0 spiro atoms. The first-order chi connectivity index (χ1) is 13.3. The van der Waals surface area contributed by atoms with Gasteiger partial charge in [-0.3, -0.25) is 14.4 Å². The number of nitrogens with one attached hydrogen (secondary N) is 1. The van der Waals surface area contributed by atoms with Gasteiger partial charge in [0.1, 0.15) is 6.04 Å². The Hall–Kier alpha value is -3.08. The minimum atomic E-state index is -3.09. The zero-order chi connectivity index (χ0) is 20.1. The average molecular weight is 385 g/mol. The second-order valence-corrected chi connectivity index (χ2v) is 7.60. The van der Waals surface area contributed by atoms with Gasteiger partial charge in [-0.1, -0.05) is 18.2 Å². The summed E-state index contributed by atoms with van der Waals surface area (Å²) in [7, 11) is 0. The second kappa shape index (κ2) is 6.23. The van der Waals surface area contributed by atoms with E-state index in [4.69, 9.17) is 5.26 Å². The highest BCUT2D eigenvalue weighted by Gasteiger charge is 2.57. The van der Waals surface area contributed by atoms with Crippen molar-refractivity contribution in [2.24, 2.45) is 5.41 Å². The fourth-order valence-electron chi connectivity index (χ4n) is 3.91. The number of nitriles is 1. The minimum Gasteiger partial charge on any atom is -0.328 e. The quantitative estimate of drug-likeness (QED) is 0.819. The molecule has 2 aromatic rings. The molecule has 1 aliphatic heterocycles. The molecule has 1 N–H and O–H groups in total. The van der Waals surface area contributed by atoms with Crippen molar-refractivity contribution in [2.45, 2.75) is 37.6 Å². The third kappa shape index (κ3) is 2.97. The molecule has 144 valence electrons. The molecule has 2 fully saturated rings. The standard InChI is InChI=1S/C20H17F2N3O3/c21-20(22)7-12(9-23)25(11-20)18(28)19(5-6-19)8-16(26)15-10-24-17(27)14-4-2-1-3-13(14)15/h1-4,10,12H,5-8,11H2,(H,24,27)/t12-/m0/s1. The molecule has 4 rings (SSSR count). The molecular formula is C20H17F2N3O3. The molecule has 1 aliphatic carbocycles. The molecule has 1 amide bonds. The van der Waals surface area contributed by atoms with Gasteiger partial charge < -0.3 is 9.88 Å². The van der Waals surface area contributed by atoms with Gasteiger partial charge in [0, 0.05) is 30.0 Å². The summed E-state index contributed by atoms with van der Waals surface area (Å²) in [4.78, 5) is 41.2. The van der Waals surface area contributed by atoms with Crippen LogP contribution in [0.3, 0.4) is 0 Å². The van der Waals surface area contributed by atoms with Crippen LogP contribution in [0.15, 0.2) is 35.3 Å².